The second kappa shape index (κ2) is 7.33. The Morgan fingerprint density at radius 2 is 2.28 bits per heavy atom. The standard InChI is InChI=1S/C12H22N2O4/c1-9(7-13)2-3-11(15)14-4-5-18-10(8-14)6-12(16)17/h9-10H,2-8,13H2,1H3,(H,16,17). The second-order valence-corrected chi connectivity index (χ2v) is 4.81. The molecule has 1 fully saturated rings. The predicted octanol–water partition coefficient (Wildman–Crippen LogP) is 0.0635. The lowest BCUT2D eigenvalue weighted by Gasteiger charge is -2.32. The molecule has 1 heterocycles. The Bertz CT molecular complexity index is 296. The average molecular weight is 258 g/mol. The van der Waals surface area contributed by atoms with Crippen LogP contribution in [0.25, 0.3) is 0 Å². The number of carboxylic acid groups (broad SMARTS) is 1. The molecule has 6 heteroatoms. The highest BCUT2D eigenvalue weighted by Crippen LogP contribution is 2.12. The van der Waals surface area contributed by atoms with Crippen LogP contribution in [0.4, 0.5) is 0 Å². The third kappa shape index (κ3) is 5.01. The van der Waals surface area contributed by atoms with Gasteiger partial charge in [0.05, 0.1) is 19.1 Å². The molecule has 6 nitrogen and oxygen atoms in total. The monoisotopic (exact) mass is 258 g/mol. The quantitative estimate of drug-likeness (QED) is 0.703. The van der Waals surface area contributed by atoms with Crippen LogP contribution in [0.15, 0.2) is 0 Å². The Balaban J connectivity index is 2.36. The smallest absolute Gasteiger partial charge is 0.306 e. The van der Waals surface area contributed by atoms with Gasteiger partial charge in [0.15, 0.2) is 0 Å². The highest BCUT2D eigenvalue weighted by atomic mass is 16.5. The summed E-state index contributed by atoms with van der Waals surface area (Å²) in [6.45, 7) is 3.93. The molecule has 1 saturated heterocycles. The first-order valence-electron chi connectivity index (χ1n) is 6.34. The molecule has 0 spiro atoms. The fourth-order valence-corrected chi connectivity index (χ4v) is 1.91. The lowest BCUT2D eigenvalue weighted by Crippen LogP contribution is -2.46. The molecule has 1 rings (SSSR count). The third-order valence-electron chi connectivity index (χ3n) is 3.15. The van der Waals surface area contributed by atoms with Gasteiger partial charge in [-0.15, -0.1) is 0 Å². The molecule has 2 atom stereocenters. The molecule has 18 heavy (non-hydrogen) atoms. The Labute approximate surface area is 107 Å². The van der Waals surface area contributed by atoms with Crippen LogP contribution in [0.5, 0.6) is 0 Å². The number of rotatable bonds is 6. The van der Waals surface area contributed by atoms with Crippen molar-refractivity contribution in [1.29, 1.82) is 0 Å². The van der Waals surface area contributed by atoms with Gasteiger partial charge in [-0.1, -0.05) is 6.92 Å². The van der Waals surface area contributed by atoms with Crippen LogP contribution in [0.2, 0.25) is 0 Å². The van der Waals surface area contributed by atoms with Gasteiger partial charge < -0.3 is 20.5 Å². The van der Waals surface area contributed by atoms with Gasteiger partial charge in [0.2, 0.25) is 5.91 Å². The number of amides is 1. The molecule has 1 aliphatic heterocycles. The molecule has 2 unspecified atom stereocenters. The fourth-order valence-electron chi connectivity index (χ4n) is 1.91. The SMILES string of the molecule is CC(CN)CCC(=O)N1CCOC(CC(=O)O)C1. The van der Waals surface area contributed by atoms with E-state index in [4.69, 9.17) is 15.6 Å². The minimum atomic E-state index is -0.897. The van der Waals surface area contributed by atoms with Crippen molar-refractivity contribution in [1.82, 2.24) is 4.90 Å². The minimum absolute atomic E-state index is 0.0526. The summed E-state index contributed by atoms with van der Waals surface area (Å²) in [5.41, 5.74) is 5.50. The summed E-state index contributed by atoms with van der Waals surface area (Å²) < 4.78 is 5.32. The molecule has 3 N–H and O–H groups in total. The molecule has 0 aromatic rings. The highest BCUT2D eigenvalue weighted by Gasteiger charge is 2.25. The summed E-state index contributed by atoms with van der Waals surface area (Å²) in [5.74, 6) is -0.496. The molecular formula is C12H22N2O4. The van der Waals surface area contributed by atoms with Gasteiger partial charge in [-0.3, -0.25) is 9.59 Å². The summed E-state index contributed by atoms with van der Waals surface area (Å²) in [7, 11) is 0. The molecule has 0 aromatic heterocycles. The van der Waals surface area contributed by atoms with Crippen LogP contribution in [0.1, 0.15) is 26.2 Å². The van der Waals surface area contributed by atoms with Crippen molar-refractivity contribution >= 4 is 11.9 Å². The van der Waals surface area contributed by atoms with E-state index in [0.29, 0.717) is 38.6 Å². The van der Waals surface area contributed by atoms with Crippen molar-refractivity contribution in [3.63, 3.8) is 0 Å². The van der Waals surface area contributed by atoms with Gasteiger partial charge in [0.1, 0.15) is 0 Å². The van der Waals surface area contributed by atoms with Crippen molar-refractivity contribution in [2.45, 2.75) is 32.3 Å². The van der Waals surface area contributed by atoms with Crippen molar-refractivity contribution in [2.24, 2.45) is 11.7 Å². The number of morpholine rings is 1. The first-order chi connectivity index (χ1) is 8.52. The summed E-state index contributed by atoms with van der Waals surface area (Å²) in [6.07, 6.45) is 0.810. The van der Waals surface area contributed by atoms with Crippen LogP contribution in [0, 0.1) is 5.92 Å². The summed E-state index contributed by atoms with van der Waals surface area (Å²) in [4.78, 5) is 24.2. The van der Waals surface area contributed by atoms with Gasteiger partial charge >= 0.3 is 5.97 Å². The zero-order valence-corrected chi connectivity index (χ0v) is 10.8. The van der Waals surface area contributed by atoms with Gasteiger partial charge in [0, 0.05) is 19.5 Å². The van der Waals surface area contributed by atoms with Crippen LogP contribution in [0.3, 0.4) is 0 Å². The van der Waals surface area contributed by atoms with Crippen molar-refractivity contribution < 1.29 is 19.4 Å². The Morgan fingerprint density at radius 3 is 2.89 bits per heavy atom. The predicted molar refractivity (Wildman–Crippen MR) is 66.0 cm³/mol. The van der Waals surface area contributed by atoms with Gasteiger partial charge in [-0.2, -0.15) is 0 Å². The lowest BCUT2D eigenvalue weighted by atomic mass is 10.1. The van der Waals surface area contributed by atoms with E-state index in [1.54, 1.807) is 4.90 Å². The number of carbonyl (C=O) groups is 2. The maximum Gasteiger partial charge on any atom is 0.306 e. The number of hydrogen-bond donors (Lipinski definition) is 2. The van der Waals surface area contributed by atoms with E-state index < -0.39 is 5.97 Å². The molecule has 0 radical (unpaired) electrons. The first kappa shape index (κ1) is 14.9. The van der Waals surface area contributed by atoms with E-state index in [1.165, 1.54) is 0 Å². The van der Waals surface area contributed by atoms with Crippen molar-refractivity contribution in [2.75, 3.05) is 26.2 Å². The maximum atomic E-state index is 11.9. The molecule has 1 aliphatic rings. The lowest BCUT2D eigenvalue weighted by molar-refractivity contribution is -0.147. The van der Waals surface area contributed by atoms with Gasteiger partial charge in [0.25, 0.3) is 0 Å². The topological polar surface area (TPSA) is 92.9 Å². The van der Waals surface area contributed by atoms with Gasteiger partial charge in [-0.05, 0) is 18.9 Å². The van der Waals surface area contributed by atoms with E-state index >= 15 is 0 Å². The fraction of sp³-hybridized carbons (Fsp3) is 0.833. The molecule has 1 amide bonds. The van der Waals surface area contributed by atoms with E-state index in [2.05, 4.69) is 0 Å². The molecule has 0 aromatic carbocycles. The van der Waals surface area contributed by atoms with E-state index in [1.807, 2.05) is 6.92 Å². The summed E-state index contributed by atoms with van der Waals surface area (Å²) in [5, 5.41) is 8.70. The number of carbonyl (C=O) groups excluding carboxylic acids is 1. The molecule has 104 valence electrons. The molecule has 0 aliphatic carbocycles. The van der Waals surface area contributed by atoms with E-state index in [-0.39, 0.29) is 18.4 Å². The maximum absolute atomic E-state index is 11.9. The van der Waals surface area contributed by atoms with Crippen LogP contribution >= 0.6 is 0 Å². The van der Waals surface area contributed by atoms with Crippen molar-refractivity contribution in [3.8, 4) is 0 Å². The molecule has 0 bridgehead atoms. The largest absolute Gasteiger partial charge is 0.481 e. The molecule has 0 saturated carbocycles. The zero-order chi connectivity index (χ0) is 13.5. The number of aliphatic carboxylic acids is 1. The number of nitrogens with zero attached hydrogens (tertiary/aromatic N) is 1. The van der Waals surface area contributed by atoms with Crippen molar-refractivity contribution in [3.05, 3.63) is 0 Å². The average Bonchev–Trinajstić information content (AvgIpc) is 2.35. The summed E-state index contributed by atoms with van der Waals surface area (Å²) in [6, 6.07) is 0. The first-order valence-corrected chi connectivity index (χ1v) is 6.34. The number of nitrogens with two attached hydrogens (primary N) is 1. The Morgan fingerprint density at radius 1 is 1.56 bits per heavy atom. The number of hydrogen-bond acceptors (Lipinski definition) is 4. The normalized spacial score (nSPS) is 21.7. The van der Waals surface area contributed by atoms with Crippen LogP contribution in [-0.2, 0) is 14.3 Å². The summed E-state index contributed by atoms with van der Waals surface area (Å²) >= 11 is 0. The number of carboxylic acids is 1. The molecular weight excluding hydrogens is 236 g/mol. The third-order valence-corrected chi connectivity index (χ3v) is 3.15. The Kier molecular flexibility index (Phi) is 6.07. The van der Waals surface area contributed by atoms with E-state index in [9.17, 15) is 9.59 Å². The minimum Gasteiger partial charge on any atom is -0.481 e. The number of ether oxygens (including phenoxy) is 1. The van der Waals surface area contributed by atoms with Crippen LogP contribution < -0.4 is 5.73 Å². The second-order valence-electron chi connectivity index (χ2n) is 4.81. The zero-order valence-electron chi connectivity index (χ0n) is 10.8. The van der Waals surface area contributed by atoms with Crippen LogP contribution in [-0.4, -0.2) is 54.2 Å². The Hall–Kier alpha value is -1.14. The van der Waals surface area contributed by atoms with E-state index in [0.717, 1.165) is 6.42 Å². The highest BCUT2D eigenvalue weighted by molar-refractivity contribution is 5.76. The van der Waals surface area contributed by atoms with Gasteiger partial charge in [-0.25, -0.2) is 0 Å².